The van der Waals surface area contributed by atoms with Crippen LogP contribution in [0.4, 0.5) is 4.79 Å². The average Bonchev–Trinajstić information content (AvgIpc) is 2.77. The van der Waals surface area contributed by atoms with Gasteiger partial charge < -0.3 is 14.6 Å². The maximum Gasteiger partial charge on any atom is 0.478 e. The molecule has 0 spiro atoms. The van der Waals surface area contributed by atoms with Gasteiger partial charge in [0.25, 0.3) is 5.24 Å². The van der Waals surface area contributed by atoms with Gasteiger partial charge in [-0.3, -0.25) is 4.79 Å². The lowest BCUT2D eigenvalue weighted by atomic mass is 9.47. The zero-order valence-electron chi connectivity index (χ0n) is 11.1. The molecule has 0 aromatic heterocycles. The Kier molecular flexibility index (Phi) is 3.15. The highest BCUT2D eigenvalue weighted by Crippen LogP contribution is 2.61. The molecule has 3 aliphatic carbocycles. The van der Waals surface area contributed by atoms with Crippen LogP contribution < -0.4 is 5.32 Å². The minimum absolute atomic E-state index is 0.0262. The molecule has 1 aliphatic heterocycles. The topological polar surface area (TPSA) is 47.6 Å². The molecular formula is C12H20BNO3S. The number of amides is 1. The van der Waals surface area contributed by atoms with Gasteiger partial charge >= 0.3 is 7.12 Å². The highest BCUT2D eigenvalue weighted by atomic mass is 32.2. The molecule has 2 bridgehead atoms. The van der Waals surface area contributed by atoms with Crippen molar-refractivity contribution in [2.45, 2.75) is 38.9 Å². The summed E-state index contributed by atoms with van der Waals surface area (Å²) < 4.78 is 11.9. The standard InChI is InChI=1S/C12H20BNO3S/c1-12(2)7-4-8(12)10-9(5-7)16-13(17-10)6-14-11(15)18-3/h7-10H,4-6H2,1-3H3,(H,14,15). The monoisotopic (exact) mass is 269 g/mol. The van der Waals surface area contributed by atoms with Gasteiger partial charge in [-0.2, -0.15) is 0 Å². The molecule has 0 aromatic rings. The summed E-state index contributed by atoms with van der Waals surface area (Å²) in [4.78, 5) is 11.2. The highest BCUT2D eigenvalue weighted by molar-refractivity contribution is 8.12. The number of hydrogen-bond donors (Lipinski definition) is 1. The van der Waals surface area contributed by atoms with E-state index < -0.39 is 0 Å². The van der Waals surface area contributed by atoms with E-state index in [4.69, 9.17) is 9.31 Å². The third kappa shape index (κ3) is 1.89. The summed E-state index contributed by atoms with van der Waals surface area (Å²) in [5.41, 5.74) is 0.405. The zero-order valence-corrected chi connectivity index (χ0v) is 12.0. The van der Waals surface area contributed by atoms with E-state index in [0.29, 0.717) is 17.8 Å². The molecule has 1 saturated heterocycles. The first-order valence-electron chi connectivity index (χ1n) is 6.65. The Morgan fingerprint density at radius 3 is 2.89 bits per heavy atom. The van der Waals surface area contributed by atoms with Crippen molar-refractivity contribution in [3.63, 3.8) is 0 Å². The maximum atomic E-state index is 11.2. The lowest BCUT2D eigenvalue weighted by molar-refractivity contribution is -0.150. The second-order valence-corrected chi connectivity index (χ2v) is 6.95. The smallest absolute Gasteiger partial charge is 0.405 e. The molecule has 6 heteroatoms. The number of hydrogen-bond acceptors (Lipinski definition) is 4. The van der Waals surface area contributed by atoms with Crippen LogP contribution in [0.3, 0.4) is 0 Å². The summed E-state index contributed by atoms with van der Waals surface area (Å²) in [7, 11) is -0.258. The molecular weight excluding hydrogens is 249 g/mol. The Hall–Kier alpha value is -0.195. The van der Waals surface area contributed by atoms with Crippen molar-refractivity contribution >= 4 is 24.1 Å². The van der Waals surface area contributed by atoms with Crippen LogP contribution in [0, 0.1) is 17.3 Å². The molecule has 4 nitrogen and oxygen atoms in total. The molecule has 1 amide bonds. The van der Waals surface area contributed by atoms with Gasteiger partial charge in [-0.1, -0.05) is 25.6 Å². The van der Waals surface area contributed by atoms with Gasteiger partial charge in [0.2, 0.25) is 0 Å². The minimum atomic E-state index is -0.258. The van der Waals surface area contributed by atoms with Crippen molar-refractivity contribution in [2.24, 2.45) is 17.3 Å². The van der Waals surface area contributed by atoms with E-state index >= 15 is 0 Å². The molecule has 1 N–H and O–H groups in total. The summed E-state index contributed by atoms with van der Waals surface area (Å²) in [6, 6.07) is 0. The average molecular weight is 269 g/mol. The van der Waals surface area contributed by atoms with Crippen molar-refractivity contribution < 1.29 is 14.1 Å². The van der Waals surface area contributed by atoms with E-state index in [2.05, 4.69) is 19.2 Å². The van der Waals surface area contributed by atoms with E-state index in [-0.39, 0.29) is 24.6 Å². The Balaban J connectivity index is 1.57. The summed E-state index contributed by atoms with van der Waals surface area (Å²) in [5.74, 6) is 1.41. The number of carbonyl (C=O) groups is 1. The maximum absolute atomic E-state index is 11.2. The normalized spacial score (nSPS) is 40.1. The first-order valence-corrected chi connectivity index (χ1v) is 7.87. The molecule has 0 aromatic carbocycles. The minimum Gasteiger partial charge on any atom is -0.405 e. The molecule has 4 fully saturated rings. The molecule has 4 unspecified atom stereocenters. The Bertz CT molecular complexity index is 365. The van der Waals surface area contributed by atoms with Gasteiger partial charge in [0.1, 0.15) is 0 Å². The number of rotatable bonds is 2. The third-order valence-electron chi connectivity index (χ3n) is 5.06. The number of nitrogens with one attached hydrogen (secondary N) is 1. The lowest BCUT2D eigenvalue weighted by Crippen LogP contribution is -2.59. The van der Waals surface area contributed by atoms with Crippen LogP contribution in [-0.4, -0.2) is 37.3 Å². The van der Waals surface area contributed by atoms with Crippen LogP contribution in [0.25, 0.3) is 0 Å². The quantitative estimate of drug-likeness (QED) is 0.778. The van der Waals surface area contributed by atoms with E-state index in [1.807, 2.05) is 0 Å². The van der Waals surface area contributed by atoms with Crippen molar-refractivity contribution in [1.82, 2.24) is 5.32 Å². The predicted octanol–water partition coefficient (Wildman–Crippen LogP) is 1.94. The Morgan fingerprint density at radius 2 is 2.22 bits per heavy atom. The van der Waals surface area contributed by atoms with Crippen molar-refractivity contribution in [2.75, 3.05) is 12.7 Å². The van der Waals surface area contributed by atoms with Crippen molar-refractivity contribution in [1.29, 1.82) is 0 Å². The SMILES string of the molecule is CSC(=O)NCB1OC2CC3CC(C2O1)C3(C)C. The molecule has 1 heterocycles. The Labute approximate surface area is 113 Å². The van der Waals surface area contributed by atoms with Gasteiger partial charge in [0, 0.05) is 0 Å². The summed E-state index contributed by atoms with van der Waals surface area (Å²) in [6.45, 7) is 4.68. The molecule has 18 heavy (non-hydrogen) atoms. The zero-order chi connectivity index (χ0) is 12.9. The van der Waals surface area contributed by atoms with E-state index in [1.54, 1.807) is 6.26 Å². The van der Waals surface area contributed by atoms with Gasteiger partial charge in [-0.25, -0.2) is 0 Å². The van der Waals surface area contributed by atoms with E-state index in [1.165, 1.54) is 18.2 Å². The molecule has 3 saturated carbocycles. The summed E-state index contributed by atoms with van der Waals surface area (Å²) >= 11 is 1.18. The van der Waals surface area contributed by atoms with Gasteiger partial charge in [-0.15, -0.1) is 0 Å². The van der Waals surface area contributed by atoms with Crippen LogP contribution in [-0.2, 0) is 9.31 Å². The van der Waals surface area contributed by atoms with Gasteiger partial charge in [0.15, 0.2) is 0 Å². The van der Waals surface area contributed by atoms with Gasteiger partial charge in [-0.05, 0) is 36.3 Å². The first-order chi connectivity index (χ1) is 8.52. The predicted molar refractivity (Wildman–Crippen MR) is 72.4 cm³/mol. The third-order valence-corrected chi connectivity index (χ3v) is 5.58. The van der Waals surface area contributed by atoms with E-state index in [9.17, 15) is 4.79 Å². The fraction of sp³-hybridized carbons (Fsp3) is 0.917. The molecule has 0 radical (unpaired) electrons. The van der Waals surface area contributed by atoms with Crippen LogP contribution in [0.5, 0.6) is 0 Å². The molecule has 4 aliphatic rings. The number of carbonyl (C=O) groups excluding carboxylic acids is 1. The lowest BCUT2D eigenvalue weighted by Gasteiger charge is -2.60. The second-order valence-electron chi connectivity index (χ2n) is 6.17. The fourth-order valence-electron chi connectivity index (χ4n) is 3.74. The van der Waals surface area contributed by atoms with Crippen LogP contribution in [0.15, 0.2) is 0 Å². The summed E-state index contributed by atoms with van der Waals surface area (Å²) in [5, 5.41) is 2.78. The van der Waals surface area contributed by atoms with Crippen LogP contribution in [0.1, 0.15) is 26.7 Å². The number of thioether (sulfide) groups is 1. The second kappa shape index (κ2) is 4.42. The first kappa shape index (κ1) is 12.8. The highest BCUT2D eigenvalue weighted by Gasteiger charge is 2.61. The Morgan fingerprint density at radius 1 is 1.44 bits per heavy atom. The van der Waals surface area contributed by atoms with Crippen LogP contribution in [0.2, 0.25) is 0 Å². The molecule has 4 atom stereocenters. The van der Waals surface area contributed by atoms with E-state index in [0.717, 1.165) is 12.3 Å². The molecule has 100 valence electrons. The molecule has 4 rings (SSSR count). The van der Waals surface area contributed by atoms with Crippen LogP contribution >= 0.6 is 11.8 Å². The van der Waals surface area contributed by atoms with Crippen molar-refractivity contribution in [3.8, 4) is 0 Å². The largest absolute Gasteiger partial charge is 0.478 e. The summed E-state index contributed by atoms with van der Waals surface area (Å²) in [6.07, 6.45) is 5.11. The van der Waals surface area contributed by atoms with Gasteiger partial charge in [0.05, 0.1) is 18.7 Å². The van der Waals surface area contributed by atoms with Crippen molar-refractivity contribution in [3.05, 3.63) is 0 Å². The fourth-order valence-corrected chi connectivity index (χ4v) is 3.97.